The zero-order valence-corrected chi connectivity index (χ0v) is 13.2. The SMILES string of the molecule is O=C(Nc1nc(-c2c(F)cccc2F)ns1)c1nccnc1C(F)(F)F. The molecule has 12 heteroatoms. The molecule has 0 atom stereocenters. The van der Waals surface area contributed by atoms with Gasteiger partial charge >= 0.3 is 6.18 Å². The number of rotatable bonds is 3. The van der Waals surface area contributed by atoms with E-state index < -0.39 is 40.7 Å². The highest BCUT2D eigenvalue weighted by Gasteiger charge is 2.38. The summed E-state index contributed by atoms with van der Waals surface area (Å²) in [5.74, 6) is -3.43. The molecule has 134 valence electrons. The number of amides is 1. The van der Waals surface area contributed by atoms with Gasteiger partial charge in [0.2, 0.25) is 5.13 Å². The highest BCUT2D eigenvalue weighted by atomic mass is 32.1. The van der Waals surface area contributed by atoms with Gasteiger partial charge in [-0.1, -0.05) is 6.07 Å². The Bertz CT molecular complexity index is 954. The van der Waals surface area contributed by atoms with Gasteiger partial charge in [0, 0.05) is 23.9 Å². The first kappa shape index (κ1) is 17.8. The van der Waals surface area contributed by atoms with E-state index in [-0.39, 0.29) is 11.0 Å². The maximum Gasteiger partial charge on any atom is 0.435 e. The molecular weight excluding hydrogens is 381 g/mol. The van der Waals surface area contributed by atoms with E-state index in [1.165, 1.54) is 0 Å². The number of carbonyl (C=O) groups excluding carboxylic acids is 1. The average molecular weight is 387 g/mol. The topological polar surface area (TPSA) is 80.7 Å². The lowest BCUT2D eigenvalue weighted by Gasteiger charge is -2.09. The van der Waals surface area contributed by atoms with E-state index in [0.29, 0.717) is 11.5 Å². The second-order valence-electron chi connectivity index (χ2n) is 4.73. The van der Waals surface area contributed by atoms with Gasteiger partial charge in [-0.25, -0.2) is 18.7 Å². The van der Waals surface area contributed by atoms with Gasteiger partial charge in [-0.05, 0) is 12.1 Å². The Morgan fingerprint density at radius 1 is 1.08 bits per heavy atom. The van der Waals surface area contributed by atoms with Gasteiger partial charge in [-0.3, -0.25) is 10.1 Å². The van der Waals surface area contributed by atoms with Crippen molar-refractivity contribution >= 4 is 22.6 Å². The highest BCUT2D eigenvalue weighted by molar-refractivity contribution is 7.10. The van der Waals surface area contributed by atoms with Gasteiger partial charge in [0.15, 0.2) is 17.2 Å². The Balaban J connectivity index is 1.88. The summed E-state index contributed by atoms with van der Waals surface area (Å²) in [5.41, 5.74) is -2.95. The summed E-state index contributed by atoms with van der Waals surface area (Å²) in [4.78, 5) is 22.2. The normalized spacial score (nSPS) is 11.4. The number of anilines is 1. The first-order valence-electron chi connectivity index (χ1n) is 6.75. The number of aromatic nitrogens is 4. The van der Waals surface area contributed by atoms with Crippen LogP contribution in [0.25, 0.3) is 11.4 Å². The second-order valence-corrected chi connectivity index (χ2v) is 5.48. The van der Waals surface area contributed by atoms with Gasteiger partial charge in [0.25, 0.3) is 5.91 Å². The van der Waals surface area contributed by atoms with E-state index in [2.05, 4.69) is 24.6 Å². The third-order valence-electron chi connectivity index (χ3n) is 3.01. The number of halogens is 5. The van der Waals surface area contributed by atoms with Crippen LogP contribution in [0.1, 0.15) is 16.2 Å². The summed E-state index contributed by atoms with van der Waals surface area (Å²) < 4.78 is 69.7. The molecule has 0 bridgehead atoms. The van der Waals surface area contributed by atoms with Crippen LogP contribution in [0.15, 0.2) is 30.6 Å². The van der Waals surface area contributed by atoms with Gasteiger partial charge in [0.05, 0.1) is 5.56 Å². The molecule has 0 aliphatic carbocycles. The van der Waals surface area contributed by atoms with Gasteiger partial charge in [-0.2, -0.15) is 22.5 Å². The quantitative estimate of drug-likeness (QED) is 0.696. The highest BCUT2D eigenvalue weighted by Crippen LogP contribution is 2.30. The Kier molecular flexibility index (Phi) is 4.59. The standard InChI is InChI=1S/C14H6F5N5OS/c15-6-2-1-3-7(16)8(6)11-22-13(26-24-11)23-12(25)9-10(14(17,18)19)21-5-4-20-9/h1-5H,(H,22,23,24,25). The molecule has 2 aromatic heterocycles. The maximum absolute atomic E-state index is 13.7. The fourth-order valence-electron chi connectivity index (χ4n) is 1.96. The van der Waals surface area contributed by atoms with Crippen LogP contribution in [0.3, 0.4) is 0 Å². The average Bonchev–Trinajstić information content (AvgIpc) is 3.02. The first-order chi connectivity index (χ1) is 12.3. The first-order valence-corrected chi connectivity index (χ1v) is 7.52. The van der Waals surface area contributed by atoms with Crippen molar-refractivity contribution in [1.82, 2.24) is 19.3 Å². The summed E-state index contributed by atoms with van der Waals surface area (Å²) in [6.45, 7) is 0. The molecule has 6 nitrogen and oxygen atoms in total. The summed E-state index contributed by atoms with van der Waals surface area (Å²) in [6.07, 6.45) is -3.17. The van der Waals surface area contributed by atoms with Crippen LogP contribution < -0.4 is 5.32 Å². The van der Waals surface area contributed by atoms with E-state index in [1.54, 1.807) is 0 Å². The van der Waals surface area contributed by atoms with Gasteiger partial charge in [0.1, 0.15) is 11.6 Å². The van der Waals surface area contributed by atoms with E-state index in [1.807, 2.05) is 0 Å². The van der Waals surface area contributed by atoms with Crippen molar-refractivity contribution in [3.8, 4) is 11.4 Å². The number of hydrogen-bond acceptors (Lipinski definition) is 6. The molecule has 3 rings (SSSR count). The fourth-order valence-corrected chi connectivity index (χ4v) is 2.53. The molecule has 26 heavy (non-hydrogen) atoms. The van der Waals surface area contributed by atoms with Crippen LogP contribution in [-0.4, -0.2) is 25.2 Å². The number of benzene rings is 1. The van der Waals surface area contributed by atoms with Crippen molar-refractivity contribution in [2.45, 2.75) is 6.18 Å². The van der Waals surface area contributed by atoms with Crippen molar-refractivity contribution in [2.75, 3.05) is 5.32 Å². The van der Waals surface area contributed by atoms with Crippen LogP contribution >= 0.6 is 11.5 Å². The Morgan fingerprint density at radius 3 is 2.38 bits per heavy atom. The minimum atomic E-state index is -4.89. The zero-order valence-electron chi connectivity index (χ0n) is 12.4. The van der Waals surface area contributed by atoms with Crippen molar-refractivity contribution in [3.63, 3.8) is 0 Å². The Labute approximate surface area is 145 Å². The van der Waals surface area contributed by atoms with Gasteiger partial charge in [-0.15, -0.1) is 0 Å². The third kappa shape index (κ3) is 3.49. The molecule has 1 amide bonds. The Morgan fingerprint density at radius 2 is 1.73 bits per heavy atom. The Hall–Kier alpha value is -3.02. The molecule has 0 aliphatic heterocycles. The molecule has 2 heterocycles. The minimum absolute atomic E-state index is 0.258. The van der Waals surface area contributed by atoms with Gasteiger partial charge < -0.3 is 0 Å². The van der Waals surface area contributed by atoms with Crippen molar-refractivity contribution < 1.29 is 26.7 Å². The molecule has 1 N–H and O–H groups in total. The number of carbonyl (C=O) groups is 1. The predicted molar refractivity (Wildman–Crippen MR) is 80.2 cm³/mol. The third-order valence-corrected chi connectivity index (χ3v) is 3.65. The molecule has 0 saturated heterocycles. The van der Waals surface area contributed by atoms with Crippen molar-refractivity contribution in [1.29, 1.82) is 0 Å². The lowest BCUT2D eigenvalue weighted by atomic mass is 10.2. The monoisotopic (exact) mass is 387 g/mol. The molecule has 0 unspecified atom stereocenters. The van der Waals surface area contributed by atoms with E-state index in [0.717, 1.165) is 30.6 Å². The smallest absolute Gasteiger partial charge is 0.295 e. The van der Waals surface area contributed by atoms with Crippen molar-refractivity contribution in [2.24, 2.45) is 0 Å². The number of nitrogens with one attached hydrogen (secondary N) is 1. The molecule has 0 spiro atoms. The molecule has 0 saturated carbocycles. The van der Waals surface area contributed by atoms with Crippen molar-refractivity contribution in [3.05, 3.63) is 53.6 Å². The molecule has 3 aromatic rings. The van der Waals surface area contributed by atoms with Crippen LogP contribution in [0, 0.1) is 11.6 Å². The van der Waals surface area contributed by atoms with Crippen LogP contribution in [0.4, 0.5) is 27.1 Å². The molecular formula is C14H6F5N5OS. The lowest BCUT2D eigenvalue weighted by molar-refractivity contribution is -0.141. The predicted octanol–water partition coefficient (Wildman–Crippen LogP) is 3.54. The second kappa shape index (κ2) is 6.71. The maximum atomic E-state index is 13.7. The number of hydrogen-bond donors (Lipinski definition) is 1. The number of alkyl halides is 3. The number of nitrogens with zero attached hydrogens (tertiary/aromatic N) is 4. The molecule has 0 fully saturated rings. The summed E-state index contributed by atoms with van der Waals surface area (Å²) >= 11 is 0.542. The van der Waals surface area contributed by atoms with E-state index >= 15 is 0 Å². The lowest BCUT2D eigenvalue weighted by Crippen LogP contribution is -2.21. The molecule has 1 aromatic carbocycles. The molecule has 0 aliphatic rings. The summed E-state index contributed by atoms with van der Waals surface area (Å²) in [5, 5.41) is 1.80. The minimum Gasteiger partial charge on any atom is -0.295 e. The summed E-state index contributed by atoms with van der Waals surface area (Å²) in [6, 6.07) is 3.13. The molecule has 0 radical (unpaired) electrons. The van der Waals surface area contributed by atoms with E-state index in [4.69, 9.17) is 0 Å². The van der Waals surface area contributed by atoms with E-state index in [9.17, 15) is 26.7 Å². The van der Waals surface area contributed by atoms with Crippen LogP contribution in [0.2, 0.25) is 0 Å². The largest absolute Gasteiger partial charge is 0.435 e. The van der Waals surface area contributed by atoms with Crippen LogP contribution in [0.5, 0.6) is 0 Å². The zero-order chi connectivity index (χ0) is 18.9. The van der Waals surface area contributed by atoms with Crippen LogP contribution in [-0.2, 0) is 6.18 Å². The fraction of sp³-hybridized carbons (Fsp3) is 0.0714. The summed E-state index contributed by atoms with van der Waals surface area (Å²) in [7, 11) is 0.